The summed E-state index contributed by atoms with van der Waals surface area (Å²) in [5.74, 6) is -0.313. The summed E-state index contributed by atoms with van der Waals surface area (Å²) in [4.78, 5) is 26.8. The highest BCUT2D eigenvalue weighted by Gasteiger charge is 2.20. The zero-order valence-corrected chi connectivity index (χ0v) is 16.3. The van der Waals surface area contributed by atoms with Crippen molar-refractivity contribution in [3.05, 3.63) is 24.3 Å². The molecule has 1 aliphatic heterocycles. The monoisotopic (exact) mass is 372 g/mol. The molecule has 0 aromatic heterocycles. The van der Waals surface area contributed by atoms with E-state index in [1.807, 2.05) is 12.1 Å². The van der Waals surface area contributed by atoms with Gasteiger partial charge in [-0.1, -0.05) is 25.3 Å². The smallest absolute Gasteiger partial charge is 0.321 e. The summed E-state index contributed by atoms with van der Waals surface area (Å²) in [7, 11) is 0. The van der Waals surface area contributed by atoms with Crippen LogP contribution in [0.15, 0.2) is 24.3 Å². The Labute approximate surface area is 162 Å². The van der Waals surface area contributed by atoms with Crippen LogP contribution in [0.1, 0.15) is 58.3 Å². The number of amides is 3. The van der Waals surface area contributed by atoms with Crippen LogP contribution in [0.2, 0.25) is 0 Å². The van der Waals surface area contributed by atoms with Gasteiger partial charge in [0, 0.05) is 30.5 Å². The van der Waals surface area contributed by atoms with Crippen molar-refractivity contribution >= 4 is 23.3 Å². The SMILES string of the molecule is CC(Nc1cccc(N2CCCCC2)c1)C(=O)NC(=O)NC1CCCCC1. The molecule has 1 aromatic carbocycles. The third kappa shape index (κ3) is 5.88. The predicted molar refractivity (Wildman–Crippen MR) is 109 cm³/mol. The lowest BCUT2D eigenvalue weighted by atomic mass is 9.96. The topological polar surface area (TPSA) is 73.5 Å². The van der Waals surface area contributed by atoms with Crippen LogP contribution in [0.4, 0.5) is 16.2 Å². The molecule has 2 aliphatic rings. The minimum atomic E-state index is -0.487. The lowest BCUT2D eigenvalue weighted by Crippen LogP contribution is -2.49. The lowest BCUT2D eigenvalue weighted by Gasteiger charge is -2.29. The minimum Gasteiger partial charge on any atom is -0.374 e. The van der Waals surface area contributed by atoms with Crippen LogP contribution < -0.4 is 20.9 Å². The van der Waals surface area contributed by atoms with Gasteiger partial charge in [-0.05, 0) is 57.2 Å². The Hall–Kier alpha value is -2.24. The van der Waals surface area contributed by atoms with Gasteiger partial charge >= 0.3 is 6.03 Å². The van der Waals surface area contributed by atoms with E-state index in [4.69, 9.17) is 0 Å². The molecule has 3 N–H and O–H groups in total. The Morgan fingerprint density at radius 2 is 1.74 bits per heavy atom. The Morgan fingerprint density at radius 1 is 1.04 bits per heavy atom. The summed E-state index contributed by atoms with van der Waals surface area (Å²) >= 11 is 0. The van der Waals surface area contributed by atoms with Crippen LogP contribution in [0.3, 0.4) is 0 Å². The van der Waals surface area contributed by atoms with Crippen LogP contribution in [-0.2, 0) is 4.79 Å². The first-order chi connectivity index (χ1) is 13.1. The third-order valence-corrected chi connectivity index (χ3v) is 5.52. The van der Waals surface area contributed by atoms with E-state index in [2.05, 4.69) is 33.0 Å². The number of anilines is 2. The van der Waals surface area contributed by atoms with E-state index >= 15 is 0 Å². The number of hydrogen-bond acceptors (Lipinski definition) is 4. The summed E-state index contributed by atoms with van der Waals surface area (Å²) in [5, 5.41) is 8.59. The number of piperidine rings is 1. The van der Waals surface area contributed by atoms with Crippen molar-refractivity contribution < 1.29 is 9.59 Å². The van der Waals surface area contributed by atoms with Gasteiger partial charge in [0.05, 0.1) is 0 Å². The number of carbonyl (C=O) groups excluding carboxylic acids is 2. The Balaban J connectivity index is 1.49. The first-order valence-corrected chi connectivity index (χ1v) is 10.3. The molecule has 27 heavy (non-hydrogen) atoms. The van der Waals surface area contributed by atoms with Gasteiger partial charge < -0.3 is 15.5 Å². The number of benzene rings is 1. The number of nitrogens with zero attached hydrogens (tertiary/aromatic N) is 1. The maximum atomic E-state index is 12.3. The normalized spacial score (nSPS) is 19.2. The highest BCUT2D eigenvalue weighted by Crippen LogP contribution is 2.23. The third-order valence-electron chi connectivity index (χ3n) is 5.52. The van der Waals surface area contributed by atoms with Gasteiger partial charge in [0.25, 0.3) is 0 Å². The van der Waals surface area contributed by atoms with Gasteiger partial charge in [0.1, 0.15) is 6.04 Å². The van der Waals surface area contributed by atoms with Gasteiger partial charge in [-0.3, -0.25) is 10.1 Å². The Kier molecular flexibility index (Phi) is 6.96. The summed E-state index contributed by atoms with van der Waals surface area (Å²) in [6.07, 6.45) is 9.27. The standard InChI is InChI=1S/C21H32N4O2/c1-16(20(26)24-21(27)23-17-9-4-2-5-10-17)22-18-11-8-12-19(15-18)25-13-6-3-7-14-25/h8,11-12,15-17,22H,2-7,9-10,13-14H2,1H3,(H2,23,24,26,27). The molecule has 1 saturated carbocycles. The number of imide groups is 1. The van der Waals surface area contributed by atoms with E-state index in [1.54, 1.807) is 6.92 Å². The number of nitrogens with one attached hydrogen (secondary N) is 3. The van der Waals surface area contributed by atoms with E-state index in [-0.39, 0.29) is 18.0 Å². The molecule has 1 atom stereocenters. The molecule has 1 aliphatic carbocycles. The summed E-state index contributed by atoms with van der Waals surface area (Å²) in [5.41, 5.74) is 2.08. The molecule has 3 rings (SSSR count). The largest absolute Gasteiger partial charge is 0.374 e. The van der Waals surface area contributed by atoms with Gasteiger partial charge in [-0.2, -0.15) is 0 Å². The quantitative estimate of drug-likeness (QED) is 0.738. The highest BCUT2D eigenvalue weighted by atomic mass is 16.2. The average Bonchev–Trinajstić information content (AvgIpc) is 2.69. The molecule has 1 saturated heterocycles. The molecule has 2 fully saturated rings. The van der Waals surface area contributed by atoms with Crippen molar-refractivity contribution in [1.29, 1.82) is 0 Å². The van der Waals surface area contributed by atoms with Crippen molar-refractivity contribution in [3.63, 3.8) is 0 Å². The molecule has 0 spiro atoms. The van der Waals surface area contributed by atoms with Crippen LogP contribution in [0, 0.1) is 0 Å². The van der Waals surface area contributed by atoms with Crippen molar-refractivity contribution in [2.75, 3.05) is 23.3 Å². The van der Waals surface area contributed by atoms with Crippen LogP contribution in [0.5, 0.6) is 0 Å². The van der Waals surface area contributed by atoms with E-state index in [0.717, 1.165) is 44.5 Å². The summed E-state index contributed by atoms with van der Waals surface area (Å²) < 4.78 is 0. The fourth-order valence-corrected chi connectivity index (χ4v) is 3.95. The summed E-state index contributed by atoms with van der Waals surface area (Å²) in [6, 6.07) is 7.47. The first-order valence-electron chi connectivity index (χ1n) is 10.3. The van der Waals surface area contributed by atoms with E-state index in [1.165, 1.54) is 31.4 Å². The second kappa shape index (κ2) is 9.62. The van der Waals surface area contributed by atoms with E-state index in [0.29, 0.717) is 0 Å². The summed E-state index contributed by atoms with van der Waals surface area (Å²) in [6.45, 7) is 3.94. The molecule has 6 heteroatoms. The predicted octanol–water partition coefficient (Wildman–Crippen LogP) is 3.64. The zero-order valence-electron chi connectivity index (χ0n) is 16.3. The molecule has 1 aromatic rings. The van der Waals surface area contributed by atoms with Gasteiger partial charge in [0.15, 0.2) is 0 Å². The van der Waals surface area contributed by atoms with Crippen molar-refractivity contribution in [2.24, 2.45) is 0 Å². The molecular formula is C21H32N4O2. The molecule has 0 bridgehead atoms. The zero-order chi connectivity index (χ0) is 19.1. The maximum Gasteiger partial charge on any atom is 0.321 e. The minimum absolute atomic E-state index is 0.191. The molecule has 6 nitrogen and oxygen atoms in total. The van der Waals surface area contributed by atoms with Crippen LogP contribution >= 0.6 is 0 Å². The molecule has 148 valence electrons. The maximum absolute atomic E-state index is 12.3. The number of carbonyl (C=O) groups is 2. The fourth-order valence-electron chi connectivity index (χ4n) is 3.95. The van der Waals surface area contributed by atoms with Crippen molar-refractivity contribution in [1.82, 2.24) is 10.6 Å². The lowest BCUT2D eigenvalue weighted by molar-refractivity contribution is -0.120. The Bertz CT molecular complexity index is 637. The van der Waals surface area contributed by atoms with Crippen LogP contribution in [0.25, 0.3) is 0 Å². The van der Waals surface area contributed by atoms with Crippen LogP contribution in [-0.4, -0.2) is 37.1 Å². The fraction of sp³-hybridized carbons (Fsp3) is 0.619. The van der Waals surface area contributed by atoms with Gasteiger partial charge in [-0.25, -0.2) is 4.79 Å². The molecule has 3 amide bonds. The second-order valence-electron chi connectivity index (χ2n) is 7.76. The number of hydrogen-bond donors (Lipinski definition) is 3. The van der Waals surface area contributed by atoms with E-state index in [9.17, 15) is 9.59 Å². The Morgan fingerprint density at radius 3 is 2.48 bits per heavy atom. The van der Waals surface area contributed by atoms with Gasteiger partial charge in [-0.15, -0.1) is 0 Å². The highest BCUT2D eigenvalue weighted by molar-refractivity contribution is 5.98. The van der Waals surface area contributed by atoms with E-state index < -0.39 is 6.04 Å². The second-order valence-corrected chi connectivity index (χ2v) is 7.76. The molecule has 1 unspecified atom stereocenters. The van der Waals surface area contributed by atoms with Crippen molar-refractivity contribution in [3.8, 4) is 0 Å². The molecule has 0 radical (unpaired) electrons. The first kappa shape index (κ1) is 19.5. The van der Waals surface area contributed by atoms with Crippen molar-refractivity contribution in [2.45, 2.75) is 70.4 Å². The number of urea groups is 1. The average molecular weight is 373 g/mol. The van der Waals surface area contributed by atoms with Gasteiger partial charge in [0.2, 0.25) is 5.91 Å². The number of rotatable bonds is 5. The molecular weight excluding hydrogens is 340 g/mol. The molecule has 1 heterocycles.